The van der Waals surface area contributed by atoms with Gasteiger partial charge in [-0.3, -0.25) is 5.01 Å². The smallest absolute Gasteiger partial charge is 0.259 e. The summed E-state index contributed by atoms with van der Waals surface area (Å²) >= 11 is 0. The maximum absolute atomic E-state index is 12.8. The van der Waals surface area contributed by atoms with Crippen LogP contribution >= 0.6 is 0 Å². The van der Waals surface area contributed by atoms with Crippen LogP contribution in [0.3, 0.4) is 0 Å². The Bertz CT molecular complexity index is 520. The molecule has 1 heterocycles. The summed E-state index contributed by atoms with van der Waals surface area (Å²) in [5, 5.41) is 5.91. The van der Waals surface area contributed by atoms with Gasteiger partial charge in [0, 0.05) is 6.21 Å². The van der Waals surface area contributed by atoms with Gasteiger partial charge in [-0.2, -0.15) is 18.3 Å². The summed E-state index contributed by atoms with van der Waals surface area (Å²) in [5.41, 5.74) is -0.163. The van der Waals surface area contributed by atoms with Gasteiger partial charge in [0.05, 0.1) is 17.3 Å². The third kappa shape index (κ3) is 4.09. The molecule has 1 aromatic carbocycles. The van der Waals surface area contributed by atoms with Gasteiger partial charge >= 0.3 is 6.18 Å². The van der Waals surface area contributed by atoms with E-state index in [2.05, 4.69) is 12.0 Å². The Hall–Kier alpha value is -1.78. The SMILES string of the molecule is CCCCCC1C=CC=NN1c1cccc(C(F)(F)F)c1. The van der Waals surface area contributed by atoms with Crippen molar-refractivity contribution >= 4 is 11.9 Å². The second-order valence-electron chi connectivity index (χ2n) is 5.11. The van der Waals surface area contributed by atoms with Crippen molar-refractivity contribution < 1.29 is 13.2 Å². The lowest BCUT2D eigenvalue weighted by atomic mass is 10.1. The van der Waals surface area contributed by atoms with Crippen molar-refractivity contribution in [3.63, 3.8) is 0 Å². The van der Waals surface area contributed by atoms with Gasteiger partial charge in [0.2, 0.25) is 0 Å². The first-order valence-electron chi connectivity index (χ1n) is 7.19. The number of nitrogens with zero attached hydrogens (tertiary/aromatic N) is 2. The molecule has 0 N–H and O–H groups in total. The van der Waals surface area contributed by atoms with Crippen LogP contribution in [-0.2, 0) is 6.18 Å². The van der Waals surface area contributed by atoms with E-state index < -0.39 is 11.7 Å². The predicted octanol–water partition coefficient (Wildman–Crippen LogP) is 5.02. The molecule has 1 aromatic rings. The summed E-state index contributed by atoms with van der Waals surface area (Å²) in [4.78, 5) is 0. The maximum atomic E-state index is 12.8. The number of allylic oxidation sites excluding steroid dienone is 1. The second-order valence-corrected chi connectivity index (χ2v) is 5.11. The number of rotatable bonds is 5. The molecule has 2 rings (SSSR count). The lowest BCUT2D eigenvalue weighted by Gasteiger charge is -2.29. The van der Waals surface area contributed by atoms with Crippen LogP contribution in [0.2, 0.25) is 0 Å². The molecule has 5 heteroatoms. The fourth-order valence-electron chi connectivity index (χ4n) is 2.36. The van der Waals surface area contributed by atoms with Crippen LogP contribution < -0.4 is 5.01 Å². The largest absolute Gasteiger partial charge is 0.416 e. The number of unbranched alkanes of at least 4 members (excludes halogenated alkanes) is 2. The topological polar surface area (TPSA) is 15.6 Å². The highest BCUT2D eigenvalue weighted by Crippen LogP contribution is 2.33. The highest BCUT2D eigenvalue weighted by Gasteiger charge is 2.31. The molecule has 0 bridgehead atoms. The van der Waals surface area contributed by atoms with Crippen molar-refractivity contribution in [1.82, 2.24) is 0 Å². The van der Waals surface area contributed by atoms with Crippen molar-refractivity contribution in [2.75, 3.05) is 5.01 Å². The van der Waals surface area contributed by atoms with Gasteiger partial charge in [0.25, 0.3) is 0 Å². The molecule has 1 unspecified atom stereocenters. The van der Waals surface area contributed by atoms with E-state index in [1.165, 1.54) is 6.07 Å². The minimum absolute atomic E-state index is 0.0185. The lowest BCUT2D eigenvalue weighted by Crippen LogP contribution is -2.31. The van der Waals surface area contributed by atoms with Gasteiger partial charge in [-0.05, 0) is 30.7 Å². The lowest BCUT2D eigenvalue weighted by molar-refractivity contribution is -0.137. The van der Waals surface area contributed by atoms with Gasteiger partial charge in [0.15, 0.2) is 0 Å². The average Bonchev–Trinajstić information content (AvgIpc) is 2.47. The third-order valence-electron chi connectivity index (χ3n) is 3.47. The molecular weight excluding hydrogens is 277 g/mol. The highest BCUT2D eigenvalue weighted by atomic mass is 19.4. The molecule has 0 aliphatic carbocycles. The Balaban J connectivity index is 2.18. The molecule has 0 saturated heterocycles. The number of hydrogen-bond acceptors (Lipinski definition) is 2. The molecule has 0 aromatic heterocycles. The molecule has 1 aliphatic heterocycles. The Morgan fingerprint density at radius 3 is 2.76 bits per heavy atom. The summed E-state index contributed by atoms with van der Waals surface area (Å²) in [6, 6.07) is 5.35. The average molecular weight is 296 g/mol. The van der Waals surface area contributed by atoms with Crippen LogP contribution in [0.15, 0.2) is 41.5 Å². The van der Waals surface area contributed by atoms with Gasteiger partial charge in [-0.25, -0.2) is 0 Å². The first-order valence-corrected chi connectivity index (χ1v) is 7.19. The van der Waals surface area contributed by atoms with E-state index in [1.807, 2.05) is 12.2 Å². The van der Waals surface area contributed by atoms with Crippen LogP contribution in [0.1, 0.15) is 38.2 Å². The van der Waals surface area contributed by atoms with Crippen LogP contribution in [0.5, 0.6) is 0 Å². The molecule has 0 amide bonds. The third-order valence-corrected chi connectivity index (χ3v) is 3.47. The second kappa shape index (κ2) is 6.78. The minimum atomic E-state index is -4.33. The first kappa shape index (κ1) is 15.6. The van der Waals surface area contributed by atoms with Crippen molar-refractivity contribution in [1.29, 1.82) is 0 Å². The zero-order valence-corrected chi connectivity index (χ0v) is 12.0. The Morgan fingerprint density at radius 2 is 2.05 bits per heavy atom. The van der Waals surface area contributed by atoms with Gasteiger partial charge < -0.3 is 0 Å². The molecule has 0 spiro atoms. The zero-order valence-electron chi connectivity index (χ0n) is 12.0. The fraction of sp³-hybridized carbons (Fsp3) is 0.438. The summed E-state index contributed by atoms with van der Waals surface area (Å²) in [7, 11) is 0. The van der Waals surface area contributed by atoms with E-state index in [-0.39, 0.29) is 6.04 Å². The number of benzene rings is 1. The molecule has 21 heavy (non-hydrogen) atoms. The summed E-state index contributed by atoms with van der Waals surface area (Å²) < 4.78 is 38.4. The van der Waals surface area contributed by atoms with E-state index >= 15 is 0 Å². The number of hydrazone groups is 1. The normalized spacial score (nSPS) is 18.3. The fourth-order valence-corrected chi connectivity index (χ4v) is 2.36. The molecule has 2 nitrogen and oxygen atoms in total. The van der Waals surface area contributed by atoms with Crippen molar-refractivity contribution in [2.45, 2.75) is 44.8 Å². The van der Waals surface area contributed by atoms with E-state index in [0.29, 0.717) is 5.69 Å². The minimum Gasteiger partial charge on any atom is -0.259 e. The Labute approximate surface area is 123 Å². The molecule has 0 saturated carbocycles. The predicted molar refractivity (Wildman–Crippen MR) is 79.5 cm³/mol. The number of halogens is 3. The summed E-state index contributed by atoms with van der Waals surface area (Å²) in [5.74, 6) is 0. The van der Waals surface area contributed by atoms with Crippen LogP contribution in [0, 0.1) is 0 Å². The van der Waals surface area contributed by atoms with Gasteiger partial charge in [0.1, 0.15) is 0 Å². The molecule has 1 atom stereocenters. The van der Waals surface area contributed by atoms with Gasteiger partial charge in [-0.15, -0.1) is 0 Å². The molecule has 114 valence electrons. The summed E-state index contributed by atoms with van der Waals surface area (Å²) in [6.07, 6.45) is 5.27. The molecule has 1 aliphatic rings. The monoisotopic (exact) mass is 296 g/mol. The maximum Gasteiger partial charge on any atom is 0.416 e. The molecule has 0 radical (unpaired) electrons. The van der Waals surface area contributed by atoms with Crippen molar-refractivity contribution in [3.8, 4) is 0 Å². The molecular formula is C16H19F3N2. The van der Waals surface area contributed by atoms with E-state index in [1.54, 1.807) is 17.3 Å². The van der Waals surface area contributed by atoms with Crippen molar-refractivity contribution in [2.24, 2.45) is 5.10 Å². The van der Waals surface area contributed by atoms with Gasteiger partial charge in [-0.1, -0.05) is 38.3 Å². The van der Waals surface area contributed by atoms with E-state index in [9.17, 15) is 13.2 Å². The quantitative estimate of drug-likeness (QED) is 0.697. The van der Waals surface area contributed by atoms with Crippen LogP contribution in [-0.4, -0.2) is 12.3 Å². The Morgan fingerprint density at radius 1 is 1.24 bits per heavy atom. The molecule has 0 fully saturated rings. The van der Waals surface area contributed by atoms with Crippen molar-refractivity contribution in [3.05, 3.63) is 42.0 Å². The summed E-state index contributed by atoms with van der Waals surface area (Å²) in [6.45, 7) is 2.12. The standard InChI is InChI=1S/C16H19F3N2/c1-2-3-4-8-14-10-6-11-20-21(14)15-9-5-7-13(12-15)16(17,18)19/h5-7,9-12,14H,2-4,8H2,1H3. The highest BCUT2D eigenvalue weighted by molar-refractivity contribution is 5.74. The number of hydrogen-bond donors (Lipinski definition) is 0. The zero-order chi connectivity index (χ0) is 15.3. The van der Waals surface area contributed by atoms with Crippen LogP contribution in [0.25, 0.3) is 0 Å². The number of anilines is 1. The Kier molecular flexibility index (Phi) is 5.04. The number of alkyl halides is 3. The van der Waals surface area contributed by atoms with Crippen LogP contribution in [0.4, 0.5) is 18.9 Å². The first-order chi connectivity index (χ1) is 10.0. The van der Waals surface area contributed by atoms with E-state index in [4.69, 9.17) is 0 Å². The van der Waals surface area contributed by atoms with E-state index in [0.717, 1.165) is 37.8 Å².